The van der Waals surface area contributed by atoms with Gasteiger partial charge in [0.15, 0.2) is 0 Å². The molecular weight excluding hydrogens is 432 g/mol. The molecule has 0 radical (unpaired) electrons. The average molecular weight is 455 g/mol. The van der Waals surface area contributed by atoms with E-state index >= 15 is 0 Å². The first-order chi connectivity index (χ1) is 15.4. The van der Waals surface area contributed by atoms with Gasteiger partial charge in [-0.2, -0.15) is 0 Å². The second-order valence-electron chi connectivity index (χ2n) is 6.59. The maximum atomic E-state index is 12.3. The Hall–Kier alpha value is -3.69. The summed E-state index contributed by atoms with van der Waals surface area (Å²) in [6, 6.07) is 15.8. The molecule has 0 spiro atoms. The summed E-state index contributed by atoms with van der Waals surface area (Å²) >= 11 is 0. The van der Waals surface area contributed by atoms with Crippen molar-refractivity contribution in [1.82, 2.24) is 4.72 Å². The Kier molecular flexibility index (Phi) is 7.58. The van der Waals surface area contributed by atoms with Crippen LogP contribution in [-0.4, -0.2) is 26.9 Å². The zero-order chi connectivity index (χ0) is 23.0. The van der Waals surface area contributed by atoms with E-state index in [9.17, 15) is 18.0 Å². The Bertz CT molecular complexity index is 1180. The zero-order valence-corrected chi connectivity index (χ0v) is 18.1. The summed E-state index contributed by atoms with van der Waals surface area (Å²) in [5, 5.41) is 2.68. The van der Waals surface area contributed by atoms with Crippen molar-refractivity contribution in [3.8, 4) is 0 Å². The first-order valence-corrected chi connectivity index (χ1v) is 11.2. The topological polar surface area (TPSA) is 115 Å². The predicted octanol–water partition coefficient (Wildman–Crippen LogP) is 3.59. The third kappa shape index (κ3) is 6.40. The molecule has 9 heteroatoms. The van der Waals surface area contributed by atoms with Crippen LogP contribution in [-0.2, 0) is 26.1 Å². The summed E-state index contributed by atoms with van der Waals surface area (Å²) in [4.78, 5) is 23.9. The standard InChI is InChI=1S/C23H22N2O6S/c1-2-30-23(27)18-8-10-19(11-9-18)25-22(26)14-7-17-5-12-21(13-6-17)32(28,29)24-16-20-4-3-15-31-20/h3-15,24H,2,16H2,1H3,(H,25,26)/b14-7+. The number of ether oxygens (including phenoxy) is 1. The Labute approximate surface area is 186 Å². The fourth-order valence-corrected chi connectivity index (χ4v) is 3.67. The second-order valence-corrected chi connectivity index (χ2v) is 8.36. The summed E-state index contributed by atoms with van der Waals surface area (Å²) in [6.07, 6.45) is 4.37. The van der Waals surface area contributed by atoms with Crippen LogP contribution in [0, 0.1) is 0 Å². The highest BCUT2D eigenvalue weighted by molar-refractivity contribution is 7.89. The summed E-state index contributed by atoms with van der Waals surface area (Å²) in [7, 11) is -3.68. The van der Waals surface area contributed by atoms with Crippen molar-refractivity contribution in [3.05, 3.63) is 89.9 Å². The molecule has 0 bridgehead atoms. The van der Waals surface area contributed by atoms with E-state index in [4.69, 9.17) is 9.15 Å². The second kappa shape index (κ2) is 10.6. The zero-order valence-electron chi connectivity index (χ0n) is 17.3. The quantitative estimate of drug-likeness (QED) is 0.377. The lowest BCUT2D eigenvalue weighted by atomic mass is 10.2. The number of amides is 1. The maximum absolute atomic E-state index is 12.3. The van der Waals surface area contributed by atoms with Gasteiger partial charge in [0.05, 0.1) is 29.9 Å². The van der Waals surface area contributed by atoms with E-state index in [0.29, 0.717) is 22.6 Å². The monoisotopic (exact) mass is 454 g/mol. The maximum Gasteiger partial charge on any atom is 0.338 e. The molecule has 0 atom stereocenters. The molecule has 1 amide bonds. The van der Waals surface area contributed by atoms with Gasteiger partial charge in [0.2, 0.25) is 15.9 Å². The molecule has 0 unspecified atom stereocenters. The minimum Gasteiger partial charge on any atom is -0.468 e. The van der Waals surface area contributed by atoms with E-state index in [0.717, 1.165) is 0 Å². The van der Waals surface area contributed by atoms with Crippen LogP contribution in [0.4, 0.5) is 5.69 Å². The number of anilines is 1. The summed E-state index contributed by atoms with van der Waals surface area (Å²) in [5.74, 6) is -0.285. The number of carbonyl (C=O) groups excluding carboxylic acids is 2. The molecule has 3 rings (SSSR count). The van der Waals surface area contributed by atoms with Gasteiger partial charge in [-0.1, -0.05) is 12.1 Å². The molecule has 3 aromatic rings. The van der Waals surface area contributed by atoms with E-state index in [1.54, 1.807) is 61.5 Å². The van der Waals surface area contributed by atoms with Crippen LogP contribution in [0.5, 0.6) is 0 Å². The molecule has 166 valence electrons. The Morgan fingerprint density at radius 1 is 1.03 bits per heavy atom. The number of esters is 1. The van der Waals surface area contributed by atoms with Crippen molar-refractivity contribution >= 4 is 33.7 Å². The molecule has 0 saturated carbocycles. The van der Waals surface area contributed by atoms with Gasteiger partial charge in [-0.15, -0.1) is 0 Å². The molecule has 1 heterocycles. The van der Waals surface area contributed by atoms with Crippen molar-refractivity contribution in [2.24, 2.45) is 0 Å². The molecule has 0 aliphatic heterocycles. The Morgan fingerprint density at radius 2 is 1.75 bits per heavy atom. The molecule has 0 aliphatic rings. The fourth-order valence-electron chi connectivity index (χ4n) is 2.68. The van der Waals surface area contributed by atoms with Crippen LogP contribution >= 0.6 is 0 Å². The van der Waals surface area contributed by atoms with Gasteiger partial charge in [0.25, 0.3) is 0 Å². The van der Waals surface area contributed by atoms with Crippen LogP contribution in [0.25, 0.3) is 6.08 Å². The highest BCUT2D eigenvalue weighted by atomic mass is 32.2. The SMILES string of the molecule is CCOC(=O)c1ccc(NC(=O)/C=C/c2ccc(S(=O)(=O)NCc3ccco3)cc2)cc1. The number of benzene rings is 2. The molecule has 0 aliphatic carbocycles. The van der Waals surface area contributed by atoms with E-state index in [1.807, 2.05) is 0 Å². The molecule has 32 heavy (non-hydrogen) atoms. The average Bonchev–Trinajstić information content (AvgIpc) is 3.31. The van der Waals surface area contributed by atoms with E-state index in [2.05, 4.69) is 10.0 Å². The van der Waals surface area contributed by atoms with Crippen molar-refractivity contribution in [2.75, 3.05) is 11.9 Å². The smallest absolute Gasteiger partial charge is 0.338 e. The lowest BCUT2D eigenvalue weighted by Gasteiger charge is -2.06. The summed E-state index contributed by atoms with van der Waals surface area (Å²) in [5.41, 5.74) is 1.58. The van der Waals surface area contributed by atoms with Gasteiger partial charge >= 0.3 is 5.97 Å². The minimum atomic E-state index is -3.68. The van der Waals surface area contributed by atoms with Gasteiger partial charge in [0.1, 0.15) is 5.76 Å². The van der Waals surface area contributed by atoms with E-state index < -0.39 is 16.0 Å². The van der Waals surface area contributed by atoms with Crippen molar-refractivity contribution < 1.29 is 27.2 Å². The van der Waals surface area contributed by atoms with Gasteiger partial charge < -0.3 is 14.5 Å². The molecule has 2 N–H and O–H groups in total. The first kappa shape index (κ1) is 23.0. The lowest BCUT2D eigenvalue weighted by molar-refractivity contribution is -0.111. The first-order valence-electron chi connectivity index (χ1n) is 9.76. The summed E-state index contributed by atoms with van der Waals surface area (Å²) in [6.45, 7) is 2.07. The van der Waals surface area contributed by atoms with Crippen LogP contribution in [0.3, 0.4) is 0 Å². The van der Waals surface area contributed by atoms with Crippen LogP contribution < -0.4 is 10.0 Å². The Morgan fingerprint density at radius 3 is 2.38 bits per heavy atom. The number of hydrogen-bond donors (Lipinski definition) is 2. The number of rotatable bonds is 9. The van der Waals surface area contributed by atoms with Gasteiger partial charge in [-0.3, -0.25) is 4.79 Å². The lowest BCUT2D eigenvalue weighted by Crippen LogP contribution is -2.22. The van der Waals surface area contributed by atoms with Crippen molar-refractivity contribution in [1.29, 1.82) is 0 Å². The van der Waals surface area contributed by atoms with Crippen molar-refractivity contribution in [2.45, 2.75) is 18.4 Å². The van der Waals surface area contributed by atoms with Gasteiger partial charge in [-0.05, 0) is 67.1 Å². The largest absolute Gasteiger partial charge is 0.468 e. The Balaban J connectivity index is 1.55. The third-order valence-corrected chi connectivity index (χ3v) is 5.71. The fraction of sp³-hybridized carbons (Fsp3) is 0.130. The molecular formula is C23H22N2O6S. The molecule has 1 aromatic heterocycles. The molecule has 0 fully saturated rings. The normalized spacial score (nSPS) is 11.4. The molecule has 8 nitrogen and oxygen atoms in total. The number of nitrogens with one attached hydrogen (secondary N) is 2. The highest BCUT2D eigenvalue weighted by Crippen LogP contribution is 2.14. The summed E-state index contributed by atoms with van der Waals surface area (Å²) < 4.78 is 37.2. The highest BCUT2D eigenvalue weighted by Gasteiger charge is 2.14. The number of carbonyl (C=O) groups is 2. The number of furan rings is 1. The minimum absolute atomic E-state index is 0.0535. The van der Waals surface area contributed by atoms with Crippen molar-refractivity contribution in [3.63, 3.8) is 0 Å². The van der Waals surface area contributed by atoms with E-state index in [1.165, 1.54) is 24.5 Å². The third-order valence-electron chi connectivity index (χ3n) is 4.30. The molecule has 2 aromatic carbocycles. The molecule has 0 saturated heterocycles. The van der Waals surface area contributed by atoms with Gasteiger partial charge in [0, 0.05) is 11.8 Å². The van der Waals surface area contributed by atoms with Crippen LogP contribution in [0.15, 0.2) is 82.3 Å². The van der Waals surface area contributed by atoms with Crippen LogP contribution in [0.2, 0.25) is 0 Å². The van der Waals surface area contributed by atoms with Crippen LogP contribution in [0.1, 0.15) is 28.6 Å². The van der Waals surface area contributed by atoms with Gasteiger partial charge in [-0.25, -0.2) is 17.9 Å². The number of sulfonamides is 1. The number of hydrogen-bond acceptors (Lipinski definition) is 6. The predicted molar refractivity (Wildman–Crippen MR) is 119 cm³/mol. The van der Waals surface area contributed by atoms with E-state index in [-0.39, 0.29) is 24.0 Å².